The Morgan fingerprint density at radius 3 is 2.71 bits per heavy atom. The van der Waals surface area contributed by atoms with Gasteiger partial charge in [-0.2, -0.15) is 5.26 Å². The van der Waals surface area contributed by atoms with Crippen molar-refractivity contribution in [3.05, 3.63) is 41.1 Å². The minimum absolute atomic E-state index is 0.0981. The molecule has 0 radical (unpaired) electrons. The van der Waals surface area contributed by atoms with E-state index in [0.29, 0.717) is 26.2 Å². The van der Waals surface area contributed by atoms with Crippen molar-refractivity contribution in [2.45, 2.75) is 26.8 Å². The molecule has 1 fully saturated rings. The summed E-state index contributed by atoms with van der Waals surface area (Å²) in [5.74, 6) is 0.575. The van der Waals surface area contributed by atoms with Gasteiger partial charge in [-0.15, -0.1) is 0 Å². The third-order valence-electron chi connectivity index (χ3n) is 4.86. The Morgan fingerprint density at radius 1 is 1.39 bits per heavy atom. The minimum atomic E-state index is -0.233. The molecule has 1 atom stereocenters. The first-order valence-corrected chi connectivity index (χ1v) is 9.81. The van der Waals surface area contributed by atoms with Gasteiger partial charge in [0.1, 0.15) is 17.4 Å². The average Bonchev–Trinajstić information content (AvgIpc) is 2.70. The highest BCUT2D eigenvalue weighted by Crippen LogP contribution is 2.26. The van der Waals surface area contributed by atoms with Gasteiger partial charge in [0, 0.05) is 51.0 Å². The molecule has 0 spiro atoms. The number of nitrogens with two attached hydrogens (primary N) is 1. The van der Waals surface area contributed by atoms with Crippen molar-refractivity contribution in [3.63, 3.8) is 0 Å². The third kappa shape index (κ3) is 5.72. The van der Waals surface area contributed by atoms with Crippen LogP contribution in [0.25, 0.3) is 0 Å². The lowest BCUT2D eigenvalue weighted by Gasteiger charge is -2.34. The number of piperazine rings is 1. The van der Waals surface area contributed by atoms with Crippen molar-refractivity contribution >= 4 is 5.91 Å². The number of nitrogens with one attached hydrogen (secondary N) is 1. The van der Waals surface area contributed by atoms with Gasteiger partial charge in [0.15, 0.2) is 0 Å². The molecule has 1 amide bonds. The van der Waals surface area contributed by atoms with Crippen LogP contribution >= 0.6 is 0 Å². The van der Waals surface area contributed by atoms with Crippen molar-refractivity contribution in [3.8, 4) is 11.8 Å². The van der Waals surface area contributed by atoms with Crippen LogP contribution in [0.4, 0.5) is 0 Å². The summed E-state index contributed by atoms with van der Waals surface area (Å²) in [6.07, 6.45) is 1.53. The van der Waals surface area contributed by atoms with Crippen LogP contribution in [0.2, 0.25) is 0 Å². The second-order valence-electron chi connectivity index (χ2n) is 6.95. The Bertz CT molecular complexity index is 733. The zero-order valence-electron chi connectivity index (χ0n) is 17.1. The Kier molecular flexibility index (Phi) is 8.30. The molecule has 1 aromatic rings. The maximum absolute atomic E-state index is 12.7. The van der Waals surface area contributed by atoms with E-state index >= 15 is 0 Å². The molecule has 3 N–H and O–H groups in total. The van der Waals surface area contributed by atoms with Crippen molar-refractivity contribution in [1.29, 1.82) is 5.26 Å². The molecule has 7 nitrogen and oxygen atoms in total. The number of aryl methyl sites for hydroxylation is 1. The highest BCUT2D eigenvalue weighted by molar-refractivity contribution is 5.97. The molecule has 1 aliphatic heterocycles. The Labute approximate surface area is 167 Å². The second-order valence-corrected chi connectivity index (χ2v) is 6.95. The zero-order valence-corrected chi connectivity index (χ0v) is 17.1. The molecule has 28 heavy (non-hydrogen) atoms. The number of carbonyl (C=O) groups excluding carboxylic acids is 1. The fourth-order valence-electron chi connectivity index (χ4n) is 3.26. The summed E-state index contributed by atoms with van der Waals surface area (Å²) in [7, 11) is 0. The van der Waals surface area contributed by atoms with Gasteiger partial charge in [0.25, 0.3) is 5.91 Å². The van der Waals surface area contributed by atoms with E-state index in [2.05, 4.69) is 16.3 Å². The number of hydrogen-bond donors (Lipinski definition) is 2. The molecule has 1 aliphatic rings. The number of carbonyl (C=O) groups is 1. The van der Waals surface area contributed by atoms with Crippen LogP contribution in [0.3, 0.4) is 0 Å². The predicted octanol–water partition coefficient (Wildman–Crippen LogP) is 1.55. The topological polar surface area (TPSA) is 94.6 Å². The van der Waals surface area contributed by atoms with Crippen LogP contribution in [0.5, 0.6) is 5.75 Å². The maximum Gasteiger partial charge on any atom is 0.266 e. The summed E-state index contributed by atoms with van der Waals surface area (Å²) in [6, 6.07) is 7.95. The molecule has 0 bridgehead atoms. The zero-order chi connectivity index (χ0) is 20.5. The van der Waals surface area contributed by atoms with E-state index in [4.69, 9.17) is 10.5 Å². The molecule has 0 aliphatic carbocycles. The molecular weight excluding hydrogens is 354 g/mol. The first kappa shape index (κ1) is 21.7. The number of hydrogen-bond acceptors (Lipinski definition) is 6. The van der Waals surface area contributed by atoms with E-state index in [9.17, 15) is 10.1 Å². The lowest BCUT2D eigenvalue weighted by molar-refractivity contribution is -0.128. The van der Waals surface area contributed by atoms with E-state index in [0.717, 1.165) is 36.5 Å². The van der Waals surface area contributed by atoms with E-state index in [1.807, 2.05) is 39.0 Å². The number of rotatable bonds is 8. The number of nitrogens with zero attached hydrogens (tertiary/aromatic N) is 3. The van der Waals surface area contributed by atoms with Gasteiger partial charge in [-0.05, 0) is 26.8 Å². The summed E-state index contributed by atoms with van der Waals surface area (Å²) in [6.45, 7) is 10.8. The number of ether oxygens (including phenoxy) is 1. The number of nitriles is 1. The van der Waals surface area contributed by atoms with Gasteiger partial charge < -0.3 is 20.7 Å². The predicted molar refractivity (Wildman–Crippen MR) is 110 cm³/mol. The summed E-state index contributed by atoms with van der Waals surface area (Å²) in [5.41, 5.74) is 7.83. The number of amides is 1. The highest BCUT2D eigenvalue weighted by atomic mass is 16.5. The Hall–Kier alpha value is -2.56. The van der Waals surface area contributed by atoms with Crippen LogP contribution in [0, 0.1) is 18.3 Å². The third-order valence-corrected chi connectivity index (χ3v) is 4.86. The molecular formula is C21H31N5O2. The van der Waals surface area contributed by atoms with Crippen molar-refractivity contribution in [2.75, 3.05) is 45.9 Å². The van der Waals surface area contributed by atoms with Gasteiger partial charge in [0.2, 0.25) is 0 Å². The van der Waals surface area contributed by atoms with E-state index in [1.54, 1.807) is 4.90 Å². The first-order valence-electron chi connectivity index (χ1n) is 9.81. The van der Waals surface area contributed by atoms with Gasteiger partial charge in [0.05, 0.1) is 12.6 Å². The van der Waals surface area contributed by atoms with Crippen molar-refractivity contribution < 1.29 is 9.53 Å². The lowest BCUT2D eigenvalue weighted by atomic mass is 10.0. The average molecular weight is 386 g/mol. The summed E-state index contributed by atoms with van der Waals surface area (Å²) < 4.78 is 5.70. The molecule has 1 heterocycles. The van der Waals surface area contributed by atoms with Gasteiger partial charge in [-0.3, -0.25) is 9.69 Å². The second kappa shape index (κ2) is 10.7. The van der Waals surface area contributed by atoms with Gasteiger partial charge in [-0.25, -0.2) is 0 Å². The quantitative estimate of drug-likeness (QED) is 0.521. The first-order chi connectivity index (χ1) is 13.5. The molecule has 2 rings (SSSR count). The standard InChI is InChI=1S/C21H31N5O2/c1-4-28-20-6-5-16(2)13-19(20)17(3)24-15-18(14-23)21(27)26-11-9-25(8-7-22)10-12-26/h5-6,13,15,17,24H,4,7-12,22H2,1-3H3/b18-15-. The molecule has 1 saturated heterocycles. The molecule has 152 valence electrons. The van der Waals surface area contributed by atoms with Crippen LogP contribution < -0.4 is 15.8 Å². The van der Waals surface area contributed by atoms with E-state index in [-0.39, 0.29) is 17.5 Å². The lowest BCUT2D eigenvalue weighted by Crippen LogP contribution is -2.50. The van der Waals surface area contributed by atoms with Crippen molar-refractivity contribution in [1.82, 2.24) is 15.1 Å². The summed E-state index contributed by atoms with van der Waals surface area (Å²) >= 11 is 0. The summed E-state index contributed by atoms with van der Waals surface area (Å²) in [5, 5.41) is 12.7. The highest BCUT2D eigenvalue weighted by Gasteiger charge is 2.23. The number of benzene rings is 1. The van der Waals surface area contributed by atoms with Crippen LogP contribution in [0.15, 0.2) is 30.0 Å². The van der Waals surface area contributed by atoms with Gasteiger partial charge >= 0.3 is 0 Å². The minimum Gasteiger partial charge on any atom is -0.494 e. The largest absolute Gasteiger partial charge is 0.494 e. The fourth-order valence-corrected chi connectivity index (χ4v) is 3.26. The van der Waals surface area contributed by atoms with Crippen LogP contribution in [-0.2, 0) is 4.79 Å². The molecule has 7 heteroatoms. The van der Waals surface area contributed by atoms with Crippen LogP contribution in [0.1, 0.15) is 31.0 Å². The van der Waals surface area contributed by atoms with Crippen molar-refractivity contribution in [2.24, 2.45) is 5.73 Å². The molecule has 1 aromatic carbocycles. The molecule has 0 aromatic heterocycles. The molecule has 1 unspecified atom stereocenters. The maximum atomic E-state index is 12.7. The fraction of sp³-hybridized carbons (Fsp3) is 0.524. The Balaban J connectivity index is 2.04. The Morgan fingerprint density at radius 2 is 2.11 bits per heavy atom. The summed E-state index contributed by atoms with van der Waals surface area (Å²) in [4.78, 5) is 16.7. The van der Waals surface area contributed by atoms with E-state index < -0.39 is 0 Å². The smallest absolute Gasteiger partial charge is 0.266 e. The monoisotopic (exact) mass is 385 g/mol. The van der Waals surface area contributed by atoms with Gasteiger partial charge in [-0.1, -0.05) is 17.7 Å². The van der Waals surface area contributed by atoms with E-state index in [1.165, 1.54) is 6.20 Å². The molecule has 0 saturated carbocycles. The normalized spacial score (nSPS) is 16.4. The SMILES string of the molecule is CCOc1ccc(C)cc1C(C)N/C=C(/C#N)C(=O)N1CCN(CCN)CC1. The van der Waals surface area contributed by atoms with Crippen LogP contribution in [-0.4, -0.2) is 61.6 Å².